The Balaban J connectivity index is 2.19. The fraction of sp³-hybridized carbons (Fsp3) is 0.318. The lowest BCUT2D eigenvalue weighted by atomic mass is 9.92. The second-order valence-electron chi connectivity index (χ2n) is 7.96. The fourth-order valence-corrected chi connectivity index (χ4v) is 3.02. The van der Waals surface area contributed by atoms with Crippen LogP contribution in [0.25, 0.3) is 5.69 Å². The van der Waals surface area contributed by atoms with E-state index in [0.29, 0.717) is 5.82 Å². The van der Waals surface area contributed by atoms with E-state index < -0.39 is 5.97 Å². The summed E-state index contributed by atoms with van der Waals surface area (Å²) in [5.41, 5.74) is 3.26. The van der Waals surface area contributed by atoms with E-state index in [1.807, 2.05) is 38.1 Å². The highest BCUT2D eigenvalue weighted by Gasteiger charge is 2.23. The monoisotopic (exact) mass is 394 g/mol. The zero-order valence-corrected chi connectivity index (χ0v) is 17.6. The van der Waals surface area contributed by atoms with Gasteiger partial charge in [0.15, 0.2) is 0 Å². The highest BCUT2D eigenvalue weighted by molar-refractivity contribution is 5.94. The van der Waals surface area contributed by atoms with Gasteiger partial charge >= 0.3 is 5.97 Å². The number of hydrogen-bond donors (Lipinski definition) is 2. The van der Waals surface area contributed by atoms with Gasteiger partial charge in [-0.3, -0.25) is 0 Å². The van der Waals surface area contributed by atoms with E-state index >= 15 is 0 Å². The number of aryl methyl sites for hydroxylation is 1. The highest BCUT2D eigenvalue weighted by atomic mass is 16.5. The minimum atomic E-state index is -1.04. The number of pyridine rings is 1. The maximum Gasteiger partial charge on any atom is 0.339 e. The molecule has 152 valence electrons. The predicted molar refractivity (Wildman–Crippen MR) is 113 cm³/mol. The fourth-order valence-electron chi connectivity index (χ4n) is 3.02. The van der Waals surface area contributed by atoms with Gasteiger partial charge in [0, 0.05) is 22.7 Å². The minimum Gasteiger partial charge on any atom is -0.496 e. The Labute approximate surface area is 170 Å². The van der Waals surface area contributed by atoms with Crippen molar-refractivity contribution in [1.82, 2.24) is 14.8 Å². The first-order chi connectivity index (χ1) is 13.6. The van der Waals surface area contributed by atoms with Crippen LogP contribution in [0.2, 0.25) is 0 Å². The average Bonchev–Trinajstić information content (AvgIpc) is 3.05. The van der Waals surface area contributed by atoms with Gasteiger partial charge in [-0.1, -0.05) is 26.8 Å². The third-order valence-corrected chi connectivity index (χ3v) is 4.69. The molecule has 0 fully saturated rings. The lowest BCUT2D eigenvalue weighted by Crippen LogP contribution is -2.13. The molecule has 0 unspecified atom stereocenters. The Morgan fingerprint density at radius 2 is 1.90 bits per heavy atom. The topological polar surface area (TPSA) is 89.3 Å². The zero-order valence-electron chi connectivity index (χ0n) is 17.6. The zero-order chi connectivity index (χ0) is 21.3. The van der Waals surface area contributed by atoms with Crippen LogP contribution in [0.3, 0.4) is 0 Å². The number of carbonyl (C=O) groups is 1. The molecule has 3 aromatic rings. The molecule has 0 aliphatic rings. The summed E-state index contributed by atoms with van der Waals surface area (Å²) in [6.07, 6.45) is 0. The third kappa shape index (κ3) is 4.08. The molecule has 0 spiro atoms. The van der Waals surface area contributed by atoms with Crippen molar-refractivity contribution >= 4 is 17.6 Å². The van der Waals surface area contributed by atoms with Gasteiger partial charge in [0.25, 0.3) is 0 Å². The van der Waals surface area contributed by atoms with Crippen molar-refractivity contribution in [2.45, 2.75) is 40.0 Å². The van der Waals surface area contributed by atoms with Gasteiger partial charge in [-0.25, -0.2) is 14.5 Å². The first kappa shape index (κ1) is 20.4. The molecule has 2 aromatic heterocycles. The average molecular weight is 394 g/mol. The van der Waals surface area contributed by atoms with Crippen LogP contribution < -0.4 is 10.1 Å². The Kier molecular flexibility index (Phi) is 5.33. The van der Waals surface area contributed by atoms with E-state index in [2.05, 4.69) is 31.1 Å². The van der Waals surface area contributed by atoms with E-state index in [4.69, 9.17) is 9.84 Å². The van der Waals surface area contributed by atoms with E-state index in [-0.39, 0.29) is 16.8 Å². The van der Waals surface area contributed by atoms with Crippen molar-refractivity contribution in [3.8, 4) is 11.4 Å². The van der Waals surface area contributed by atoms with Crippen molar-refractivity contribution in [3.63, 3.8) is 0 Å². The van der Waals surface area contributed by atoms with Gasteiger partial charge in [-0.05, 0) is 38.1 Å². The van der Waals surface area contributed by atoms with Crippen LogP contribution in [0.5, 0.6) is 5.75 Å². The number of hydrogen-bond acceptors (Lipinski definition) is 5. The molecule has 0 radical (unpaired) electrons. The summed E-state index contributed by atoms with van der Waals surface area (Å²) >= 11 is 0. The highest BCUT2D eigenvalue weighted by Crippen LogP contribution is 2.32. The summed E-state index contributed by atoms with van der Waals surface area (Å²) in [4.78, 5) is 16.1. The largest absolute Gasteiger partial charge is 0.496 e. The first-order valence-corrected chi connectivity index (χ1v) is 9.34. The molecule has 3 rings (SSSR count). The summed E-state index contributed by atoms with van der Waals surface area (Å²) in [6, 6.07) is 10.9. The molecule has 0 aliphatic carbocycles. The van der Waals surface area contributed by atoms with Gasteiger partial charge in [0.2, 0.25) is 0 Å². The van der Waals surface area contributed by atoms with Crippen LogP contribution in [-0.4, -0.2) is 33.0 Å². The Morgan fingerprint density at radius 3 is 2.52 bits per heavy atom. The second-order valence-corrected chi connectivity index (χ2v) is 7.96. The van der Waals surface area contributed by atoms with Gasteiger partial charge < -0.3 is 15.2 Å². The van der Waals surface area contributed by atoms with Gasteiger partial charge in [0.1, 0.15) is 22.9 Å². The molecule has 2 heterocycles. The summed E-state index contributed by atoms with van der Waals surface area (Å²) in [5, 5.41) is 17.5. The number of nitrogens with one attached hydrogen (secondary N) is 1. The Hall–Kier alpha value is -3.35. The predicted octanol–water partition coefficient (Wildman–Crippen LogP) is 4.63. The van der Waals surface area contributed by atoms with Crippen LogP contribution in [0.15, 0.2) is 36.4 Å². The molecule has 0 aliphatic heterocycles. The molecular formula is C22H26N4O3. The summed E-state index contributed by atoms with van der Waals surface area (Å²) in [6.45, 7) is 10.0. The van der Waals surface area contributed by atoms with Crippen LogP contribution in [0.1, 0.15) is 48.1 Å². The SMILES string of the molecule is COc1cccc(-n2nc(C(C)(C)C)cc2Nc2nc(C)ccc2C(=O)O)c1C. The Bertz CT molecular complexity index is 1060. The maximum absolute atomic E-state index is 11.7. The number of aromatic carboxylic acids is 1. The number of nitrogens with zero attached hydrogens (tertiary/aromatic N) is 3. The van der Waals surface area contributed by atoms with Crippen LogP contribution >= 0.6 is 0 Å². The number of methoxy groups -OCH3 is 1. The van der Waals surface area contributed by atoms with Crippen molar-refractivity contribution in [2.24, 2.45) is 0 Å². The summed E-state index contributed by atoms with van der Waals surface area (Å²) in [5.74, 6) is 0.618. The van der Waals surface area contributed by atoms with Crippen molar-refractivity contribution < 1.29 is 14.6 Å². The standard InChI is InChI=1S/C22H26N4O3/c1-13-10-11-15(21(27)28)20(23-13)24-19-12-18(22(3,4)5)25-26(19)16-8-7-9-17(29-6)14(16)2/h7-12H,1-6H3,(H,23,24)(H,27,28). The maximum atomic E-state index is 11.7. The van der Waals surface area contributed by atoms with Gasteiger partial charge in [-0.2, -0.15) is 5.10 Å². The van der Waals surface area contributed by atoms with Crippen molar-refractivity contribution in [2.75, 3.05) is 12.4 Å². The molecule has 0 amide bonds. The molecular weight excluding hydrogens is 368 g/mol. The lowest BCUT2D eigenvalue weighted by Gasteiger charge is -2.15. The van der Waals surface area contributed by atoms with Gasteiger partial charge in [0.05, 0.1) is 18.5 Å². The second kappa shape index (κ2) is 7.58. The Morgan fingerprint density at radius 1 is 1.17 bits per heavy atom. The van der Waals surface area contributed by atoms with Crippen LogP contribution in [-0.2, 0) is 5.41 Å². The molecule has 7 nitrogen and oxygen atoms in total. The first-order valence-electron chi connectivity index (χ1n) is 9.34. The summed E-state index contributed by atoms with van der Waals surface area (Å²) in [7, 11) is 1.63. The third-order valence-electron chi connectivity index (χ3n) is 4.69. The number of carboxylic acid groups (broad SMARTS) is 1. The number of aromatic nitrogens is 3. The molecule has 7 heteroatoms. The van der Waals surface area contributed by atoms with E-state index in [0.717, 1.165) is 28.4 Å². The molecule has 1 aromatic carbocycles. The number of ether oxygens (including phenoxy) is 1. The van der Waals surface area contributed by atoms with E-state index in [9.17, 15) is 9.90 Å². The van der Waals surface area contributed by atoms with Crippen LogP contribution in [0, 0.1) is 13.8 Å². The lowest BCUT2D eigenvalue weighted by molar-refractivity contribution is 0.0697. The molecule has 29 heavy (non-hydrogen) atoms. The molecule has 0 saturated heterocycles. The molecule has 2 N–H and O–H groups in total. The van der Waals surface area contributed by atoms with Crippen LogP contribution in [0.4, 0.5) is 11.6 Å². The van der Waals surface area contributed by atoms with Crippen molar-refractivity contribution in [3.05, 3.63) is 58.9 Å². The minimum absolute atomic E-state index is 0.100. The number of carboxylic acids is 1. The quantitative estimate of drug-likeness (QED) is 0.656. The smallest absolute Gasteiger partial charge is 0.339 e. The molecule has 0 atom stereocenters. The number of anilines is 2. The van der Waals surface area contributed by atoms with Crippen molar-refractivity contribution in [1.29, 1.82) is 0 Å². The summed E-state index contributed by atoms with van der Waals surface area (Å²) < 4.78 is 7.23. The van der Waals surface area contributed by atoms with E-state index in [1.54, 1.807) is 23.9 Å². The number of rotatable bonds is 5. The molecule has 0 bridgehead atoms. The number of benzene rings is 1. The van der Waals surface area contributed by atoms with E-state index in [1.165, 1.54) is 0 Å². The molecule has 0 saturated carbocycles. The normalized spacial score (nSPS) is 11.4. The van der Waals surface area contributed by atoms with Gasteiger partial charge in [-0.15, -0.1) is 0 Å².